The number of rotatable bonds is 8. The zero-order chi connectivity index (χ0) is 20.3. The van der Waals surface area contributed by atoms with Crippen LogP contribution in [0.5, 0.6) is 0 Å². The van der Waals surface area contributed by atoms with Crippen molar-refractivity contribution in [2.75, 3.05) is 32.8 Å². The van der Waals surface area contributed by atoms with Crippen molar-refractivity contribution in [3.63, 3.8) is 0 Å². The van der Waals surface area contributed by atoms with Crippen molar-refractivity contribution in [1.29, 1.82) is 0 Å². The van der Waals surface area contributed by atoms with Gasteiger partial charge in [0.05, 0.1) is 28.9 Å². The van der Waals surface area contributed by atoms with Gasteiger partial charge in [-0.25, -0.2) is 9.67 Å². The van der Waals surface area contributed by atoms with Gasteiger partial charge in [-0.3, -0.25) is 0 Å². The van der Waals surface area contributed by atoms with Gasteiger partial charge in [-0.15, -0.1) is 5.10 Å². The highest BCUT2D eigenvalue weighted by molar-refractivity contribution is 6.33. The van der Waals surface area contributed by atoms with Gasteiger partial charge in [0.2, 0.25) is 0 Å². The number of aromatic nitrogens is 4. The van der Waals surface area contributed by atoms with Gasteiger partial charge in [0.15, 0.2) is 11.3 Å². The molecule has 0 aliphatic carbocycles. The summed E-state index contributed by atoms with van der Waals surface area (Å²) in [5.41, 5.74) is 5.44. The number of nitrogens with one attached hydrogen (secondary N) is 1. The summed E-state index contributed by atoms with van der Waals surface area (Å²) in [5.74, 6) is 0.637. The smallest absolute Gasteiger partial charge is 0.160 e. The molecule has 28 heavy (non-hydrogen) atoms. The van der Waals surface area contributed by atoms with E-state index in [0.717, 1.165) is 34.4 Å². The molecule has 1 atom stereocenters. The average Bonchev–Trinajstić information content (AvgIpc) is 3.05. The molecule has 3 aromatic rings. The monoisotopic (exact) mass is 403 g/mol. The largest absolute Gasteiger partial charge is 0.385 e. The van der Waals surface area contributed by atoms with E-state index in [1.807, 2.05) is 37.6 Å². The number of nitrogens with zero attached hydrogens (tertiary/aromatic N) is 4. The fourth-order valence-electron chi connectivity index (χ4n) is 3.34. The topological polar surface area (TPSA) is 74.1 Å². The summed E-state index contributed by atoms with van der Waals surface area (Å²) >= 11 is 6.47. The molecule has 2 heterocycles. The van der Waals surface area contributed by atoms with Gasteiger partial charge in [0, 0.05) is 26.5 Å². The second-order valence-corrected chi connectivity index (χ2v) is 7.38. The Morgan fingerprint density at radius 2 is 1.93 bits per heavy atom. The van der Waals surface area contributed by atoms with Crippen LogP contribution in [0.15, 0.2) is 18.2 Å². The lowest BCUT2D eigenvalue weighted by Gasteiger charge is -2.17. The lowest BCUT2D eigenvalue weighted by molar-refractivity contribution is 0.117. The van der Waals surface area contributed by atoms with E-state index in [4.69, 9.17) is 21.1 Å². The number of hydrogen-bond acceptors (Lipinski definition) is 6. The first-order valence-corrected chi connectivity index (χ1v) is 9.56. The Labute approximate surface area is 170 Å². The van der Waals surface area contributed by atoms with Crippen LogP contribution in [0.2, 0.25) is 5.02 Å². The summed E-state index contributed by atoms with van der Waals surface area (Å²) in [6.45, 7) is 7.13. The maximum atomic E-state index is 6.47. The van der Waals surface area contributed by atoms with Crippen molar-refractivity contribution < 1.29 is 9.47 Å². The Balaban J connectivity index is 2.05. The summed E-state index contributed by atoms with van der Waals surface area (Å²) in [4.78, 5) is 4.64. The molecule has 0 aliphatic heterocycles. The summed E-state index contributed by atoms with van der Waals surface area (Å²) in [5, 5.41) is 12.8. The summed E-state index contributed by atoms with van der Waals surface area (Å²) < 4.78 is 12.5. The molecule has 150 valence electrons. The van der Waals surface area contributed by atoms with Crippen molar-refractivity contribution in [1.82, 2.24) is 20.0 Å². The maximum absolute atomic E-state index is 6.47. The van der Waals surface area contributed by atoms with Gasteiger partial charge in [0.25, 0.3) is 0 Å². The SMILES string of the molecule is COCC[C@@H](COC)n1nnc2c(Nc3c(C)cc(C)cc3Cl)nc(C)cc21. The third-order valence-corrected chi connectivity index (χ3v) is 4.92. The molecule has 3 rings (SSSR count). The number of benzene rings is 1. The van der Waals surface area contributed by atoms with Crippen molar-refractivity contribution >= 4 is 34.1 Å². The van der Waals surface area contributed by atoms with Crippen LogP contribution in [-0.4, -0.2) is 47.4 Å². The Morgan fingerprint density at radius 3 is 2.61 bits per heavy atom. The molecule has 1 N–H and O–H groups in total. The third kappa shape index (κ3) is 4.27. The Bertz CT molecular complexity index is 950. The van der Waals surface area contributed by atoms with E-state index in [2.05, 4.69) is 26.7 Å². The second kappa shape index (κ2) is 8.86. The summed E-state index contributed by atoms with van der Waals surface area (Å²) in [6.07, 6.45) is 0.774. The highest BCUT2D eigenvalue weighted by atomic mass is 35.5. The quantitative estimate of drug-likeness (QED) is 0.601. The number of hydrogen-bond donors (Lipinski definition) is 1. The maximum Gasteiger partial charge on any atom is 0.160 e. The van der Waals surface area contributed by atoms with Crippen LogP contribution in [0.3, 0.4) is 0 Å². The molecule has 0 aliphatic rings. The molecule has 1 aromatic carbocycles. The van der Waals surface area contributed by atoms with E-state index >= 15 is 0 Å². The number of anilines is 2. The number of halogens is 1. The molecule has 0 saturated heterocycles. The zero-order valence-corrected chi connectivity index (χ0v) is 17.7. The predicted octanol–water partition coefficient (Wildman–Crippen LogP) is 4.37. The van der Waals surface area contributed by atoms with E-state index < -0.39 is 0 Å². The van der Waals surface area contributed by atoms with Crippen LogP contribution in [0.25, 0.3) is 11.0 Å². The molecule has 7 nitrogen and oxygen atoms in total. The van der Waals surface area contributed by atoms with E-state index in [1.165, 1.54) is 0 Å². The molecule has 0 radical (unpaired) electrons. The number of methoxy groups -OCH3 is 2. The molecule has 0 fully saturated rings. The third-order valence-electron chi connectivity index (χ3n) is 4.62. The van der Waals surface area contributed by atoms with Crippen molar-refractivity contribution in [2.24, 2.45) is 0 Å². The minimum Gasteiger partial charge on any atom is -0.385 e. The molecule has 0 unspecified atom stereocenters. The Hall–Kier alpha value is -2.22. The average molecular weight is 404 g/mol. The zero-order valence-electron chi connectivity index (χ0n) is 16.9. The number of aryl methyl sites for hydroxylation is 3. The fourth-order valence-corrected chi connectivity index (χ4v) is 3.70. The fraction of sp³-hybridized carbons (Fsp3) is 0.450. The molecule has 0 spiro atoms. The molecular formula is C20H26ClN5O2. The highest BCUT2D eigenvalue weighted by Gasteiger charge is 2.19. The normalized spacial score (nSPS) is 12.5. The van der Waals surface area contributed by atoms with Crippen molar-refractivity contribution in [3.8, 4) is 0 Å². The van der Waals surface area contributed by atoms with E-state index in [0.29, 0.717) is 29.6 Å². The van der Waals surface area contributed by atoms with Crippen LogP contribution in [0, 0.1) is 20.8 Å². The second-order valence-electron chi connectivity index (χ2n) is 6.97. The highest BCUT2D eigenvalue weighted by Crippen LogP contribution is 2.32. The van der Waals surface area contributed by atoms with Crippen LogP contribution >= 0.6 is 11.6 Å². The van der Waals surface area contributed by atoms with Gasteiger partial charge in [0.1, 0.15) is 0 Å². The predicted molar refractivity (Wildman–Crippen MR) is 112 cm³/mol. The molecule has 0 saturated carbocycles. The standard InChI is InChI=1S/C20H26ClN5O2/c1-12-8-13(2)18(16(21)9-12)23-20-19-17(10-14(3)22-20)26(25-24-19)15(11-28-5)6-7-27-4/h8-10,15H,6-7,11H2,1-5H3,(H,22,23)/t15-/m0/s1. The Kier molecular flexibility index (Phi) is 6.49. The molecule has 8 heteroatoms. The number of pyridine rings is 1. The van der Waals surface area contributed by atoms with Crippen molar-refractivity contribution in [2.45, 2.75) is 33.2 Å². The lowest BCUT2D eigenvalue weighted by Crippen LogP contribution is -2.18. The molecule has 0 bridgehead atoms. The first kappa shape index (κ1) is 20.5. The minimum atomic E-state index is 0.0225. The van der Waals surface area contributed by atoms with Gasteiger partial charge in [-0.1, -0.05) is 22.9 Å². The van der Waals surface area contributed by atoms with E-state index in [9.17, 15) is 0 Å². The number of fused-ring (bicyclic) bond motifs is 1. The van der Waals surface area contributed by atoms with Crippen molar-refractivity contribution in [3.05, 3.63) is 40.0 Å². The van der Waals surface area contributed by atoms with Crippen LogP contribution in [-0.2, 0) is 9.47 Å². The van der Waals surface area contributed by atoms with Gasteiger partial charge in [-0.05, 0) is 50.5 Å². The minimum absolute atomic E-state index is 0.0225. The molecular weight excluding hydrogens is 378 g/mol. The first-order valence-electron chi connectivity index (χ1n) is 9.18. The van der Waals surface area contributed by atoms with Crippen LogP contribution in [0.4, 0.5) is 11.5 Å². The Morgan fingerprint density at radius 1 is 1.14 bits per heavy atom. The lowest BCUT2D eigenvalue weighted by atomic mass is 10.1. The van der Waals surface area contributed by atoms with E-state index in [1.54, 1.807) is 14.2 Å². The van der Waals surface area contributed by atoms with Crippen LogP contribution in [0.1, 0.15) is 29.3 Å². The van der Waals surface area contributed by atoms with E-state index in [-0.39, 0.29) is 6.04 Å². The molecule has 0 amide bonds. The molecule has 2 aromatic heterocycles. The van der Waals surface area contributed by atoms with Gasteiger partial charge in [-0.2, -0.15) is 0 Å². The summed E-state index contributed by atoms with van der Waals surface area (Å²) in [6, 6.07) is 6.02. The van der Waals surface area contributed by atoms with Gasteiger partial charge < -0.3 is 14.8 Å². The number of ether oxygens (including phenoxy) is 2. The van der Waals surface area contributed by atoms with Crippen LogP contribution < -0.4 is 5.32 Å². The van der Waals surface area contributed by atoms with Gasteiger partial charge >= 0.3 is 0 Å². The first-order chi connectivity index (χ1) is 13.4. The summed E-state index contributed by atoms with van der Waals surface area (Å²) in [7, 11) is 3.37.